The lowest BCUT2D eigenvalue weighted by atomic mass is 10.1. The van der Waals surface area contributed by atoms with E-state index in [4.69, 9.17) is 0 Å². The van der Waals surface area contributed by atoms with Gasteiger partial charge in [-0.15, -0.1) is 5.10 Å². The topological polar surface area (TPSA) is 62.7 Å². The Kier molecular flexibility index (Phi) is 4.60. The Morgan fingerprint density at radius 1 is 0.958 bits per heavy atom. The van der Waals surface area contributed by atoms with Crippen molar-refractivity contribution in [2.24, 2.45) is 0 Å². The van der Waals surface area contributed by atoms with E-state index in [1.54, 1.807) is 0 Å². The first-order chi connectivity index (χ1) is 11.7. The predicted octanol–water partition coefficient (Wildman–Crippen LogP) is 4.20. The summed E-state index contributed by atoms with van der Waals surface area (Å²) in [5, 5.41) is 13.1. The van der Waals surface area contributed by atoms with Crippen LogP contribution in [0.2, 0.25) is 0 Å². The highest BCUT2D eigenvalue weighted by atomic mass is 19.1. The molecular formula is C17H15F2N5. The van der Waals surface area contributed by atoms with Crippen molar-refractivity contribution in [1.29, 1.82) is 0 Å². The van der Waals surface area contributed by atoms with Gasteiger partial charge in [-0.05, 0) is 36.2 Å². The second-order valence-corrected chi connectivity index (χ2v) is 5.06. The van der Waals surface area contributed by atoms with Crippen molar-refractivity contribution in [3.05, 3.63) is 65.9 Å². The van der Waals surface area contributed by atoms with Crippen molar-refractivity contribution in [3.8, 4) is 0 Å². The Hall–Kier alpha value is -3.09. The molecule has 7 heteroatoms. The van der Waals surface area contributed by atoms with Crippen molar-refractivity contribution in [2.75, 3.05) is 10.6 Å². The maximum Gasteiger partial charge on any atom is 0.249 e. The Bertz CT molecular complexity index is 816. The Balaban J connectivity index is 1.78. The molecule has 0 fully saturated rings. The summed E-state index contributed by atoms with van der Waals surface area (Å²) in [6.45, 7) is 2.08. The lowest BCUT2D eigenvalue weighted by molar-refractivity contribution is 0.590. The maximum atomic E-state index is 13.7. The minimum atomic E-state index is -0.730. The van der Waals surface area contributed by atoms with Gasteiger partial charge in [0.15, 0.2) is 5.82 Å². The van der Waals surface area contributed by atoms with Crippen LogP contribution in [0.1, 0.15) is 12.5 Å². The third-order valence-corrected chi connectivity index (χ3v) is 3.39. The molecule has 1 heterocycles. The summed E-state index contributed by atoms with van der Waals surface area (Å²) in [5.41, 5.74) is 1.73. The number of benzene rings is 2. The molecule has 0 aliphatic carbocycles. The van der Waals surface area contributed by atoms with Gasteiger partial charge in [0.1, 0.15) is 17.3 Å². The first-order valence-corrected chi connectivity index (χ1v) is 7.42. The van der Waals surface area contributed by atoms with Gasteiger partial charge in [-0.2, -0.15) is 10.1 Å². The molecule has 0 unspecified atom stereocenters. The van der Waals surface area contributed by atoms with Crippen molar-refractivity contribution < 1.29 is 8.78 Å². The minimum absolute atomic E-state index is 0.00539. The summed E-state index contributed by atoms with van der Waals surface area (Å²) in [6.07, 6.45) is 2.38. The number of aromatic nitrogens is 3. The molecule has 0 radical (unpaired) electrons. The van der Waals surface area contributed by atoms with Crippen LogP contribution in [0.4, 0.5) is 31.9 Å². The predicted molar refractivity (Wildman–Crippen MR) is 88.6 cm³/mol. The van der Waals surface area contributed by atoms with E-state index >= 15 is 0 Å². The quantitative estimate of drug-likeness (QED) is 0.735. The van der Waals surface area contributed by atoms with Crippen LogP contribution in [-0.4, -0.2) is 15.2 Å². The van der Waals surface area contributed by atoms with E-state index in [0.717, 1.165) is 24.2 Å². The second-order valence-electron chi connectivity index (χ2n) is 5.06. The van der Waals surface area contributed by atoms with Crippen molar-refractivity contribution in [3.63, 3.8) is 0 Å². The van der Waals surface area contributed by atoms with Gasteiger partial charge < -0.3 is 10.6 Å². The lowest BCUT2D eigenvalue weighted by Gasteiger charge is -2.09. The average Bonchev–Trinajstić information content (AvgIpc) is 2.59. The zero-order valence-corrected chi connectivity index (χ0v) is 12.9. The van der Waals surface area contributed by atoms with Gasteiger partial charge in [-0.3, -0.25) is 0 Å². The van der Waals surface area contributed by atoms with E-state index in [1.165, 1.54) is 17.8 Å². The van der Waals surface area contributed by atoms with Crippen molar-refractivity contribution in [1.82, 2.24) is 15.2 Å². The van der Waals surface area contributed by atoms with E-state index in [1.807, 2.05) is 24.3 Å². The number of nitrogens with zero attached hydrogens (tertiary/aromatic N) is 3. The fourth-order valence-electron chi connectivity index (χ4n) is 2.12. The number of hydrogen-bond donors (Lipinski definition) is 2. The van der Waals surface area contributed by atoms with Gasteiger partial charge in [0, 0.05) is 5.69 Å². The Morgan fingerprint density at radius 2 is 1.67 bits per heavy atom. The van der Waals surface area contributed by atoms with Crippen LogP contribution >= 0.6 is 0 Å². The summed E-state index contributed by atoms with van der Waals surface area (Å²) in [4.78, 5) is 4.16. The SMILES string of the molecule is CCc1ccc(Nc2cnnc(Nc3c(F)cccc3F)n2)cc1. The number of nitrogens with one attached hydrogen (secondary N) is 2. The smallest absolute Gasteiger partial charge is 0.249 e. The summed E-state index contributed by atoms with van der Waals surface area (Å²) in [7, 11) is 0. The van der Waals surface area contributed by atoms with E-state index < -0.39 is 11.6 Å². The molecule has 2 aromatic carbocycles. The third-order valence-electron chi connectivity index (χ3n) is 3.39. The molecule has 3 rings (SSSR count). The second kappa shape index (κ2) is 6.99. The highest BCUT2D eigenvalue weighted by molar-refractivity contribution is 5.59. The lowest BCUT2D eigenvalue weighted by Crippen LogP contribution is -2.04. The molecule has 5 nitrogen and oxygen atoms in total. The van der Waals surface area contributed by atoms with E-state index in [-0.39, 0.29) is 11.6 Å². The number of halogens is 2. The van der Waals surface area contributed by atoms with Gasteiger partial charge in [-0.25, -0.2) is 8.78 Å². The number of aryl methyl sites for hydroxylation is 1. The summed E-state index contributed by atoms with van der Waals surface area (Å²) >= 11 is 0. The molecule has 0 saturated heterocycles. The molecule has 0 aliphatic heterocycles. The number of anilines is 4. The summed E-state index contributed by atoms with van der Waals surface area (Å²) in [6, 6.07) is 11.4. The van der Waals surface area contributed by atoms with Crippen LogP contribution < -0.4 is 10.6 Å². The van der Waals surface area contributed by atoms with Gasteiger partial charge in [0.25, 0.3) is 0 Å². The van der Waals surface area contributed by atoms with Crippen LogP contribution in [-0.2, 0) is 6.42 Å². The zero-order chi connectivity index (χ0) is 16.9. The molecule has 122 valence electrons. The highest BCUT2D eigenvalue weighted by Crippen LogP contribution is 2.22. The number of rotatable bonds is 5. The third kappa shape index (κ3) is 3.62. The summed E-state index contributed by atoms with van der Waals surface area (Å²) < 4.78 is 27.3. The largest absolute Gasteiger partial charge is 0.339 e. The van der Waals surface area contributed by atoms with Crippen LogP contribution in [0.25, 0.3) is 0 Å². The molecule has 1 aromatic heterocycles. The van der Waals surface area contributed by atoms with Crippen LogP contribution in [0.15, 0.2) is 48.7 Å². The molecule has 3 aromatic rings. The normalized spacial score (nSPS) is 10.5. The maximum absolute atomic E-state index is 13.7. The fraction of sp³-hybridized carbons (Fsp3) is 0.118. The van der Waals surface area contributed by atoms with Crippen LogP contribution in [0, 0.1) is 11.6 Å². The molecule has 0 bridgehead atoms. The zero-order valence-electron chi connectivity index (χ0n) is 12.9. The molecule has 0 atom stereocenters. The van der Waals surface area contributed by atoms with Crippen molar-refractivity contribution in [2.45, 2.75) is 13.3 Å². The van der Waals surface area contributed by atoms with Gasteiger partial charge in [0.05, 0.1) is 6.20 Å². The fourth-order valence-corrected chi connectivity index (χ4v) is 2.12. The first-order valence-electron chi connectivity index (χ1n) is 7.42. The minimum Gasteiger partial charge on any atom is -0.339 e. The molecule has 0 amide bonds. The molecule has 0 spiro atoms. The Labute approximate surface area is 137 Å². The van der Waals surface area contributed by atoms with E-state index in [2.05, 4.69) is 32.7 Å². The Morgan fingerprint density at radius 3 is 2.33 bits per heavy atom. The van der Waals surface area contributed by atoms with Crippen molar-refractivity contribution >= 4 is 23.1 Å². The average molecular weight is 327 g/mol. The van der Waals surface area contributed by atoms with E-state index in [9.17, 15) is 8.78 Å². The summed E-state index contributed by atoms with van der Waals surface area (Å²) in [5.74, 6) is -1.05. The molecule has 0 saturated carbocycles. The first kappa shape index (κ1) is 15.8. The van der Waals surface area contributed by atoms with Crippen LogP contribution in [0.5, 0.6) is 0 Å². The van der Waals surface area contributed by atoms with Crippen LogP contribution in [0.3, 0.4) is 0 Å². The van der Waals surface area contributed by atoms with Gasteiger partial charge in [0.2, 0.25) is 5.95 Å². The molecule has 24 heavy (non-hydrogen) atoms. The number of hydrogen-bond acceptors (Lipinski definition) is 5. The number of para-hydroxylation sites is 1. The highest BCUT2D eigenvalue weighted by Gasteiger charge is 2.10. The van der Waals surface area contributed by atoms with Gasteiger partial charge in [-0.1, -0.05) is 25.1 Å². The van der Waals surface area contributed by atoms with Gasteiger partial charge >= 0.3 is 0 Å². The standard InChI is InChI=1S/C17H15F2N5/c1-2-11-6-8-12(9-7-11)21-15-10-20-24-17(22-15)23-16-13(18)4-3-5-14(16)19/h3-10H,2H2,1H3,(H2,21,22,23,24). The monoisotopic (exact) mass is 327 g/mol. The molecule has 2 N–H and O–H groups in total. The molecular weight excluding hydrogens is 312 g/mol. The molecule has 0 aliphatic rings. The van der Waals surface area contributed by atoms with E-state index in [0.29, 0.717) is 5.82 Å².